The molecule has 1 saturated heterocycles. The highest BCUT2D eigenvalue weighted by Crippen LogP contribution is 2.64. The quantitative estimate of drug-likeness (QED) is 0.332. The molecule has 2 amide bonds. The topological polar surface area (TPSA) is 99.7 Å². The van der Waals surface area contributed by atoms with E-state index in [2.05, 4.69) is 29.8 Å². The third kappa shape index (κ3) is 4.80. The summed E-state index contributed by atoms with van der Waals surface area (Å²) in [6.07, 6.45) is 5.41. The molecule has 3 fully saturated rings. The first-order valence-corrected chi connectivity index (χ1v) is 16.0. The van der Waals surface area contributed by atoms with E-state index in [1.165, 1.54) is 6.07 Å². The zero-order chi connectivity index (χ0) is 30.8. The molecule has 4 N–H and O–H groups in total. The number of carbonyl (C=O) groups is 2. The number of aliphatic hydroxyl groups excluding tert-OH is 1. The first-order chi connectivity index (χ1) is 20.4. The van der Waals surface area contributed by atoms with Gasteiger partial charge >= 0.3 is 0 Å². The number of amides is 2. The van der Waals surface area contributed by atoms with E-state index in [-0.39, 0.29) is 40.5 Å². The molecule has 43 heavy (non-hydrogen) atoms. The Labute approximate surface area is 262 Å². The Hall–Kier alpha value is -2.23. The molecule has 7 nitrogen and oxygen atoms in total. The lowest BCUT2D eigenvalue weighted by molar-refractivity contribution is -0.125. The normalized spacial score (nSPS) is 32.5. The Morgan fingerprint density at radius 3 is 2.44 bits per heavy atom. The number of anilines is 1. The van der Waals surface area contributed by atoms with Crippen molar-refractivity contribution in [1.29, 1.82) is 0 Å². The smallest absolute Gasteiger partial charge is 0.238 e. The minimum absolute atomic E-state index is 0.0561. The number of ether oxygens (including phenoxy) is 1. The highest BCUT2D eigenvalue weighted by atomic mass is 35.5. The van der Waals surface area contributed by atoms with Crippen LogP contribution in [0.15, 0.2) is 36.4 Å². The maximum Gasteiger partial charge on any atom is 0.238 e. The van der Waals surface area contributed by atoms with Crippen LogP contribution in [0, 0.1) is 11.2 Å². The van der Waals surface area contributed by atoms with Crippen molar-refractivity contribution in [1.82, 2.24) is 10.6 Å². The summed E-state index contributed by atoms with van der Waals surface area (Å²) < 4.78 is 21.7. The number of nitrogens with one attached hydrogen (secondary N) is 3. The molecule has 0 aromatic heterocycles. The van der Waals surface area contributed by atoms with Crippen LogP contribution < -0.4 is 16.0 Å². The Bertz CT molecular complexity index is 1430. The van der Waals surface area contributed by atoms with Gasteiger partial charge in [-0.25, -0.2) is 4.39 Å². The number of aliphatic hydroxyl groups is 1. The number of carbonyl (C=O) groups excluding carboxylic acids is 2. The number of fused-ring (bicyclic) bond motifs is 3. The summed E-state index contributed by atoms with van der Waals surface area (Å²) >= 11 is 12.7. The Morgan fingerprint density at radius 2 is 1.79 bits per heavy atom. The molecular weight excluding hydrogens is 592 g/mol. The molecule has 2 saturated carbocycles. The van der Waals surface area contributed by atoms with Crippen molar-refractivity contribution in [2.75, 3.05) is 19.0 Å². The van der Waals surface area contributed by atoms with Crippen LogP contribution in [0.5, 0.6) is 0 Å². The average Bonchev–Trinajstić information content (AvgIpc) is 3.44. The lowest BCUT2D eigenvalue weighted by Gasteiger charge is -2.50. The highest BCUT2D eigenvalue weighted by molar-refractivity contribution is 6.31. The summed E-state index contributed by atoms with van der Waals surface area (Å²) in [5.74, 6) is -2.04. The zero-order valence-corrected chi connectivity index (χ0v) is 26.4. The Balaban J connectivity index is 1.48. The van der Waals surface area contributed by atoms with Gasteiger partial charge in [0, 0.05) is 35.3 Å². The van der Waals surface area contributed by atoms with Gasteiger partial charge in [-0.1, -0.05) is 55.2 Å². The van der Waals surface area contributed by atoms with Gasteiger partial charge in [-0.15, -0.1) is 0 Å². The molecule has 3 atom stereocenters. The van der Waals surface area contributed by atoms with Crippen LogP contribution in [-0.2, 0) is 19.7 Å². The molecule has 2 spiro atoms. The Kier molecular flexibility index (Phi) is 7.86. The van der Waals surface area contributed by atoms with Crippen molar-refractivity contribution < 1.29 is 23.8 Å². The molecule has 232 valence electrons. The summed E-state index contributed by atoms with van der Waals surface area (Å²) in [5.41, 5.74) is -1.10. The summed E-state index contributed by atoms with van der Waals surface area (Å²) in [6, 6.07) is 9.10. The summed E-state index contributed by atoms with van der Waals surface area (Å²) in [6.45, 7) is 4.36. The van der Waals surface area contributed by atoms with Crippen LogP contribution in [0.25, 0.3) is 0 Å². The number of halogens is 3. The lowest BCUT2D eigenvalue weighted by Crippen LogP contribution is -2.61. The predicted molar refractivity (Wildman–Crippen MR) is 165 cm³/mol. The van der Waals surface area contributed by atoms with Gasteiger partial charge in [0.1, 0.15) is 11.2 Å². The van der Waals surface area contributed by atoms with Crippen molar-refractivity contribution in [2.24, 2.45) is 5.41 Å². The van der Waals surface area contributed by atoms with Crippen molar-refractivity contribution in [2.45, 2.75) is 99.8 Å². The van der Waals surface area contributed by atoms with Gasteiger partial charge in [0.2, 0.25) is 11.8 Å². The fourth-order valence-electron chi connectivity index (χ4n) is 8.42. The molecule has 0 radical (unpaired) electrons. The molecule has 2 heterocycles. The van der Waals surface area contributed by atoms with E-state index >= 15 is 4.39 Å². The van der Waals surface area contributed by atoms with E-state index in [1.54, 1.807) is 31.4 Å². The van der Waals surface area contributed by atoms with E-state index in [0.29, 0.717) is 49.2 Å². The maximum absolute atomic E-state index is 16.1. The second kappa shape index (κ2) is 11.0. The maximum atomic E-state index is 16.1. The van der Waals surface area contributed by atoms with Crippen LogP contribution in [0.2, 0.25) is 10.0 Å². The molecular formula is C33H40Cl2FN3O4. The third-order valence-corrected chi connectivity index (χ3v) is 11.5. The summed E-state index contributed by atoms with van der Waals surface area (Å²) in [4.78, 5) is 29.0. The summed E-state index contributed by atoms with van der Waals surface area (Å²) in [5, 5.41) is 20.3. The molecule has 10 heteroatoms. The van der Waals surface area contributed by atoms with Gasteiger partial charge in [-0.05, 0) is 86.1 Å². The van der Waals surface area contributed by atoms with Gasteiger partial charge < -0.3 is 20.5 Å². The van der Waals surface area contributed by atoms with E-state index in [4.69, 9.17) is 27.9 Å². The van der Waals surface area contributed by atoms with Crippen LogP contribution in [0.4, 0.5) is 10.1 Å². The van der Waals surface area contributed by atoms with Crippen LogP contribution in [-0.4, -0.2) is 53.9 Å². The largest absolute Gasteiger partial charge is 0.393 e. The number of methoxy groups -OCH3 is 1. The van der Waals surface area contributed by atoms with Gasteiger partial charge in [0.15, 0.2) is 0 Å². The minimum Gasteiger partial charge on any atom is -0.393 e. The van der Waals surface area contributed by atoms with Crippen LogP contribution in [0.1, 0.15) is 82.3 Å². The average molecular weight is 633 g/mol. The van der Waals surface area contributed by atoms with Crippen molar-refractivity contribution in [3.8, 4) is 0 Å². The molecule has 2 aromatic carbocycles. The van der Waals surface area contributed by atoms with Crippen molar-refractivity contribution >= 4 is 40.7 Å². The predicted octanol–water partition coefficient (Wildman–Crippen LogP) is 5.85. The first-order valence-electron chi connectivity index (χ1n) is 15.2. The minimum atomic E-state index is -1.29. The van der Waals surface area contributed by atoms with Gasteiger partial charge in [-0.2, -0.15) is 0 Å². The SMILES string of the molecule is CO[C@]1(CO)CC[C@H](NC(=O)[C@@H]2NC3(CCC(C)(C)CC3)[C@@]3(C(=O)Nc4cc(Cl)ccc43)[C@H]2c2cccc(Cl)c2F)CC1. The van der Waals surface area contributed by atoms with Crippen molar-refractivity contribution in [3.05, 3.63) is 63.4 Å². The second-order valence-electron chi connectivity index (χ2n) is 13.8. The highest BCUT2D eigenvalue weighted by Gasteiger charge is 2.73. The number of hydrogen-bond donors (Lipinski definition) is 4. The fraction of sp³-hybridized carbons (Fsp3) is 0.576. The third-order valence-electron chi connectivity index (χ3n) is 11.0. The molecule has 2 aliphatic heterocycles. The van der Waals surface area contributed by atoms with Crippen molar-refractivity contribution in [3.63, 3.8) is 0 Å². The van der Waals surface area contributed by atoms with Gasteiger partial charge in [0.25, 0.3) is 0 Å². The van der Waals surface area contributed by atoms with Crippen LogP contribution >= 0.6 is 23.2 Å². The molecule has 2 aliphatic carbocycles. The van der Waals surface area contributed by atoms with Gasteiger partial charge in [-0.3, -0.25) is 14.9 Å². The Morgan fingerprint density at radius 1 is 1.09 bits per heavy atom. The van der Waals surface area contributed by atoms with E-state index in [1.807, 2.05) is 6.07 Å². The van der Waals surface area contributed by atoms with E-state index < -0.39 is 34.3 Å². The van der Waals surface area contributed by atoms with E-state index in [9.17, 15) is 14.7 Å². The fourth-order valence-corrected chi connectivity index (χ4v) is 8.78. The molecule has 0 bridgehead atoms. The number of benzene rings is 2. The van der Waals surface area contributed by atoms with Crippen LogP contribution in [0.3, 0.4) is 0 Å². The summed E-state index contributed by atoms with van der Waals surface area (Å²) in [7, 11) is 1.60. The van der Waals surface area contributed by atoms with E-state index in [0.717, 1.165) is 18.4 Å². The zero-order valence-electron chi connectivity index (χ0n) is 24.9. The molecule has 2 aromatic rings. The lowest BCUT2D eigenvalue weighted by atomic mass is 9.53. The molecule has 6 rings (SSSR count). The monoisotopic (exact) mass is 631 g/mol. The number of hydrogen-bond acceptors (Lipinski definition) is 5. The molecule has 4 aliphatic rings. The second-order valence-corrected chi connectivity index (χ2v) is 14.6. The van der Waals surface area contributed by atoms with Gasteiger partial charge in [0.05, 0.1) is 23.3 Å². The first kappa shape index (κ1) is 30.8. The molecule has 0 unspecified atom stereocenters. The number of rotatable bonds is 5. The standard InChI is InChI=1S/C33H40Cl2FN3O4/c1-30(2)13-15-32(16-14-30)33(22-8-7-19(34)17-24(22)38-29(33)42)25(21-5-4-6-23(35)26(21)36)27(39-32)28(41)37-20-9-11-31(18-40,43-3)12-10-20/h4-8,17,20,25,27,39-40H,9-16,18H2,1-3H3,(H,37,41)(H,38,42)/t20-,25-,27+,31+,33+/m0/s1.